The largest absolute Gasteiger partial charge is 0.376 e. The van der Waals surface area contributed by atoms with Crippen molar-refractivity contribution in [2.45, 2.75) is 38.3 Å². The van der Waals surface area contributed by atoms with Crippen LogP contribution in [0, 0.1) is 5.82 Å². The number of pyridine rings is 1. The van der Waals surface area contributed by atoms with Crippen LogP contribution in [-0.4, -0.2) is 42.2 Å². The molecular weight excluding hydrogens is 433 g/mol. The highest BCUT2D eigenvalue weighted by atomic mass is 19.1. The molecule has 170 valence electrons. The molecule has 0 saturated heterocycles. The molecule has 1 aliphatic carbocycles. The summed E-state index contributed by atoms with van der Waals surface area (Å²) in [5.74, 6) is 0.597. The van der Waals surface area contributed by atoms with Crippen molar-refractivity contribution in [1.29, 1.82) is 0 Å². The lowest BCUT2D eigenvalue weighted by Gasteiger charge is -2.24. The number of rotatable bonds is 3. The molecule has 0 radical (unpaired) electrons. The second kappa shape index (κ2) is 7.59. The number of anilines is 1. The zero-order chi connectivity index (χ0) is 22.6. The van der Waals surface area contributed by atoms with Crippen molar-refractivity contribution in [1.82, 2.24) is 29.5 Å². The average Bonchev–Trinajstić information content (AvgIpc) is 3.42. The van der Waals surface area contributed by atoms with Crippen LogP contribution in [0.3, 0.4) is 0 Å². The molecule has 7 rings (SSSR count). The first-order valence-corrected chi connectivity index (χ1v) is 11.5. The first kappa shape index (κ1) is 19.6. The normalized spacial score (nSPS) is 17.6. The van der Waals surface area contributed by atoms with Gasteiger partial charge in [0, 0.05) is 46.4 Å². The highest BCUT2D eigenvalue weighted by Gasteiger charge is 2.26. The van der Waals surface area contributed by atoms with E-state index in [1.165, 1.54) is 34.4 Å². The highest BCUT2D eigenvalue weighted by Crippen LogP contribution is 2.31. The fourth-order valence-corrected chi connectivity index (χ4v) is 5.14. The van der Waals surface area contributed by atoms with Crippen LogP contribution in [0.1, 0.15) is 28.9 Å². The van der Waals surface area contributed by atoms with E-state index in [1.54, 1.807) is 10.7 Å². The van der Waals surface area contributed by atoms with Crippen LogP contribution in [0.4, 0.5) is 10.3 Å². The summed E-state index contributed by atoms with van der Waals surface area (Å²) in [6.45, 7) is 1.10. The number of ether oxygens (including phenoxy) is 1. The first-order valence-electron chi connectivity index (χ1n) is 11.5. The third-order valence-electron chi connectivity index (χ3n) is 6.79. The number of hydrogen-bond donors (Lipinski definition) is 2. The number of hydrogen-bond acceptors (Lipinski definition) is 6. The van der Waals surface area contributed by atoms with E-state index in [9.17, 15) is 4.39 Å². The van der Waals surface area contributed by atoms with Gasteiger partial charge >= 0.3 is 0 Å². The van der Waals surface area contributed by atoms with Gasteiger partial charge in [0.05, 0.1) is 25.1 Å². The van der Waals surface area contributed by atoms with E-state index in [4.69, 9.17) is 19.8 Å². The topological polar surface area (TPSA) is 93.0 Å². The van der Waals surface area contributed by atoms with Gasteiger partial charge in [-0.25, -0.2) is 9.37 Å². The maximum absolute atomic E-state index is 13.9. The molecule has 9 heteroatoms. The number of aryl methyl sites for hydroxylation is 1. The number of nitrogens with one attached hydrogen (secondary N) is 2. The van der Waals surface area contributed by atoms with Gasteiger partial charge in [0.25, 0.3) is 0 Å². The van der Waals surface area contributed by atoms with Crippen molar-refractivity contribution in [2.75, 3.05) is 11.9 Å². The summed E-state index contributed by atoms with van der Waals surface area (Å²) in [6, 6.07) is 10.0. The van der Waals surface area contributed by atoms with Gasteiger partial charge < -0.3 is 15.0 Å². The molecule has 1 aromatic carbocycles. The standard InChI is InChI=1S/C25H22FN7O/c26-15-9-14(11-27-12-15)23-30-24-19-13-34-8-7-22(19)32-33(24)25(31-23)28-16-5-6-21-18(10-16)17-3-1-2-4-20(17)29-21/h1-4,9,11-12,16,29H,5-8,10,13H2,(H,28,30,31)/t16-/m1/s1. The lowest BCUT2D eigenvalue weighted by atomic mass is 9.91. The van der Waals surface area contributed by atoms with Gasteiger partial charge in [0.2, 0.25) is 5.95 Å². The number of halogens is 1. The Bertz CT molecular complexity index is 1560. The van der Waals surface area contributed by atoms with Crippen LogP contribution in [0.5, 0.6) is 0 Å². The molecule has 0 unspecified atom stereocenters. The van der Waals surface area contributed by atoms with E-state index in [2.05, 4.69) is 39.6 Å². The Kier molecular flexibility index (Phi) is 4.38. The maximum atomic E-state index is 13.9. The number of fused-ring (bicyclic) bond motifs is 6. The van der Waals surface area contributed by atoms with E-state index in [-0.39, 0.29) is 6.04 Å². The number of nitrogens with zero attached hydrogens (tertiary/aromatic N) is 5. The van der Waals surface area contributed by atoms with Gasteiger partial charge in [0.15, 0.2) is 11.5 Å². The summed E-state index contributed by atoms with van der Waals surface area (Å²) in [5.41, 5.74) is 7.00. The fraction of sp³-hybridized carbons (Fsp3) is 0.280. The monoisotopic (exact) mass is 455 g/mol. The summed E-state index contributed by atoms with van der Waals surface area (Å²) in [7, 11) is 0. The Labute approximate surface area is 194 Å². The van der Waals surface area contributed by atoms with Gasteiger partial charge in [-0.15, -0.1) is 0 Å². The van der Waals surface area contributed by atoms with E-state index in [0.717, 1.165) is 36.9 Å². The predicted octanol–water partition coefficient (Wildman–Crippen LogP) is 3.85. The van der Waals surface area contributed by atoms with Gasteiger partial charge in [-0.1, -0.05) is 18.2 Å². The number of para-hydroxylation sites is 1. The van der Waals surface area contributed by atoms with Gasteiger partial charge in [-0.2, -0.15) is 14.6 Å². The number of aromatic amines is 1. The summed E-state index contributed by atoms with van der Waals surface area (Å²) >= 11 is 0. The van der Waals surface area contributed by atoms with Crippen LogP contribution in [0.2, 0.25) is 0 Å². The van der Waals surface area contributed by atoms with Crippen molar-refractivity contribution in [2.24, 2.45) is 0 Å². The zero-order valence-corrected chi connectivity index (χ0v) is 18.4. The Morgan fingerprint density at radius 1 is 1.12 bits per heavy atom. The lowest BCUT2D eigenvalue weighted by Crippen LogP contribution is -2.29. The summed E-state index contributed by atoms with van der Waals surface area (Å²) in [6.07, 6.45) is 6.29. The third-order valence-corrected chi connectivity index (χ3v) is 6.79. The van der Waals surface area contributed by atoms with Crippen molar-refractivity contribution >= 4 is 22.5 Å². The molecule has 5 aromatic rings. The van der Waals surface area contributed by atoms with E-state index in [0.29, 0.717) is 36.2 Å². The minimum absolute atomic E-state index is 0.181. The van der Waals surface area contributed by atoms with Gasteiger partial charge in [-0.3, -0.25) is 4.98 Å². The van der Waals surface area contributed by atoms with Crippen LogP contribution >= 0.6 is 0 Å². The Balaban J connectivity index is 1.31. The zero-order valence-electron chi connectivity index (χ0n) is 18.4. The average molecular weight is 455 g/mol. The summed E-state index contributed by atoms with van der Waals surface area (Å²) in [4.78, 5) is 17.1. The third kappa shape index (κ3) is 3.15. The van der Waals surface area contributed by atoms with Crippen molar-refractivity contribution in [3.63, 3.8) is 0 Å². The molecule has 0 spiro atoms. The summed E-state index contributed by atoms with van der Waals surface area (Å²) in [5, 5.41) is 9.72. The molecule has 5 heterocycles. The van der Waals surface area contributed by atoms with E-state index >= 15 is 0 Å². The molecule has 1 atom stereocenters. The quantitative estimate of drug-likeness (QED) is 0.429. The second-order valence-corrected chi connectivity index (χ2v) is 8.94. The minimum atomic E-state index is -0.423. The van der Waals surface area contributed by atoms with Gasteiger partial charge in [-0.05, 0) is 37.0 Å². The molecule has 1 aliphatic heterocycles. The molecule has 0 bridgehead atoms. The Hall–Kier alpha value is -3.85. The number of benzene rings is 1. The van der Waals surface area contributed by atoms with Crippen molar-refractivity contribution < 1.29 is 9.13 Å². The fourth-order valence-electron chi connectivity index (χ4n) is 5.14. The molecule has 0 fully saturated rings. The molecule has 8 nitrogen and oxygen atoms in total. The van der Waals surface area contributed by atoms with Crippen molar-refractivity contribution in [3.05, 3.63) is 71.1 Å². The first-order chi connectivity index (χ1) is 16.7. The molecule has 34 heavy (non-hydrogen) atoms. The lowest BCUT2D eigenvalue weighted by molar-refractivity contribution is 0.111. The maximum Gasteiger partial charge on any atom is 0.228 e. The number of H-pyrrole nitrogens is 1. The van der Waals surface area contributed by atoms with E-state index in [1.807, 2.05) is 0 Å². The molecule has 2 aliphatic rings. The molecular formula is C25H22FN7O. The Morgan fingerprint density at radius 2 is 2.06 bits per heavy atom. The molecule has 4 aromatic heterocycles. The Morgan fingerprint density at radius 3 is 3.00 bits per heavy atom. The van der Waals surface area contributed by atoms with Gasteiger partial charge in [0.1, 0.15) is 5.82 Å². The highest BCUT2D eigenvalue weighted by molar-refractivity contribution is 5.85. The van der Waals surface area contributed by atoms with Crippen LogP contribution in [0.15, 0.2) is 42.7 Å². The van der Waals surface area contributed by atoms with Crippen molar-refractivity contribution in [3.8, 4) is 11.4 Å². The van der Waals surface area contributed by atoms with E-state index < -0.39 is 5.82 Å². The van der Waals surface area contributed by atoms with Crippen LogP contribution in [-0.2, 0) is 30.6 Å². The molecule has 0 amide bonds. The van der Waals surface area contributed by atoms with Crippen LogP contribution in [0.25, 0.3) is 27.9 Å². The smallest absolute Gasteiger partial charge is 0.228 e. The summed E-state index contributed by atoms with van der Waals surface area (Å²) < 4.78 is 21.4. The number of aromatic nitrogens is 6. The minimum Gasteiger partial charge on any atom is -0.376 e. The molecule has 2 N–H and O–H groups in total. The predicted molar refractivity (Wildman–Crippen MR) is 125 cm³/mol. The van der Waals surface area contributed by atoms with Crippen LogP contribution < -0.4 is 5.32 Å². The molecule has 0 saturated carbocycles. The SMILES string of the molecule is Fc1cncc(-c2nc(N[C@@H]3CCc4[nH]c5ccccc5c4C3)n3nc4c(c3n2)COCC4)c1. The second-order valence-electron chi connectivity index (χ2n) is 8.94.